The number of hydrazone groups is 1. The zero-order valence-corrected chi connectivity index (χ0v) is 10.4. The molecule has 0 saturated carbocycles. The fourth-order valence-corrected chi connectivity index (χ4v) is 1.25. The van der Waals surface area contributed by atoms with Crippen molar-refractivity contribution >= 4 is 11.6 Å². The van der Waals surface area contributed by atoms with E-state index in [2.05, 4.69) is 10.5 Å². The molecule has 0 aliphatic carbocycles. The lowest BCUT2D eigenvalue weighted by molar-refractivity contribution is -0.138. The number of carbonyl (C=O) groups excluding carboxylic acids is 1. The number of amides is 1. The van der Waals surface area contributed by atoms with E-state index < -0.39 is 0 Å². The average Bonchev–Trinajstić information content (AvgIpc) is 2.26. The Kier molecular flexibility index (Phi) is 4.44. The summed E-state index contributed by atoms with van der Waals surface area (Å²) >= 11 is 0. The van der Waals surface area contributed by atoms with E-state index in [-0.39, 0.29) is 17.2 Å². The highest BCUT2D eigenvalue weighted by atomic mass is 16.7. The van der Waals surface area contributed by atoms with E-state index in [1.54, 1.807) is 0 Å². The maximum absolute atomic E-state index is 11.4. The molecule has 0 unspecified atom stereocenters. The molecule has 1 heterocycles. The van der Waals surface area contributed by atoms with E-state index in [9.17, 15) is 4.79 Å². The fraction of sp³-hybridized carbons (Fsp3) is 0.818. The molecule has 5 heteroatoms. The Morgan fingerprint density at radius 1 is 1.38 bits per heavy atom. The summed E-state index contributed by atoms with van der Waals surface area (Å²) in [6.45, 7) is 9.01. The molecule has 16 heavy (non-hydrogen) atoms. The van der Waals surface area contributed by atoms with Crippen LogP contribution in [-0.2, 0) is 14.3 Å². The molecular weight excluding hydrogens is 208 g/mol. The van der Waals surface area contributed by atoms with Crippen LogP contribution in [0.1, 0.15) is 27.7 Å². The predicted octanol–water partition coefficient (Wildman–Crippen LogP) is 1.15. The summed E-state index contributed by atoms with van der Waals surface area (Å²) in [4.78, 5) is 11.4. The molecule has 0 aromatic carbocycles. The molecular formula is C11H20N2O3. The molecule has 5 nitrogen and oxygen atoms in total. The van der Waals surface area contributed by atoms with Crippen molar-refractivity contribution in [3.05, 3.63) is 0 Å². The molecule has 1 fully saturated rings. The van der Waals surface area contributed by atoms with Crippen molar-refractivity contribution in [2.45, 2.75) is 27.7 Å². The fourth-order valence-electron chi connectivity index (χ4n) is 1.25. The second kappa shape index (κ2) is 5.41. The van der Waals surface area contributed by atoms with Gasteiger partial charge in [-0.3, -0.25) is 4.79 Å². The van der Waals surface area contributed by atoms with Gasteiger partial charge in [0.1, 0.15) is 6.79 Å². The summed E-state index contributed by atoms with van der Waals surface area (Å²) in [5.41, 5.74) is 3.12. The van der Waals surface area contributed by atoms with E-state index in [1.807, 2.05) is 27.7 Å². The third-order valence-corrected chi connectivity index (χ3v) is 2.74. The molecule has 1 saturated heterocycles. The summed E-state index contributed by atoms with van der Waals surface area (Å²) in [7, 11) is 0. The normalized spacial score (nSPS) is 20.9. The molecule has 1 aliphatic heterocycles. The van der Waals surface area contributed by atoms with Crippen LogP contribution in [0.3, 0.4) is 0 Å². The van der Waals surface area contributed by atoms with E-state index in [4.69, 9.17) is 9.47 Å². The molecule has 0 radical (unpaired) electrons. The van der Waals surface area contributed by atoms with E-state index >= 15 is 0 Å². The van der Waals surface area contributed by atoms with E-state index in [0.717, 1.165) is 5.71 Å². The maximum atomic E-state index is 11.4. The van der Waals surface area contributed by atoms with Crippen molar-refractivity contribution in [1.82, 2.24) is 5.43 Å². The second-order valence-corrected chi connectivity index (χ2v) is 4.70. The first-order chi connectivity index (χ1) is 7.46. The van der Waals surface area contributed by atoms with E-state index in [0.29, 0.717) is 20.0 Å². The highest BCUT2D eigenvalue weighted by molar-refractivity contribution is 5.89. The number of hydrogen-bond acceptors (Lipinski definition) is 4. The van der Waals surface area contributed by atoms with Gasteiger partial charge < -0.3 is 9.47 Å². The molecule has 92 valence electrons. The topological polar surface area (TPSA) is 59.9 Å². The van der Waals surface area contributed by atoms with Crippen LogP contribution in [0.5, 0.6) is 0 Å². The average molecular weight is 228 g/mol. The minimum atomic E-state index is -0.248. The standard InChI is InChI=1S/C11H20N2O3/c1-8(2)10(14)13-12-9(3)11(4)5-15-7-16-6-11/h8H,5-7H2,1-4H3,(H,13,14). The summed E-state index contributed by atoms with van der Waals surface area (Å²) in [5.74, 6) is -0.149. The number of nitrogens with zero attached hydrogens (tertiary/aromatic N) is 1. The van der Waals surface area contributed by atoms with Gasteiger partial charge in [-0.15, -0.1) is 0 Å². The molecule has 0 aromatic heterocycles. The lowest BCUT2D eigenvalue weighted by Gasteiger charge is -2.32. The first-order valence-electron chi connectivity index (χ1n) is 5.46. The second-order valence-electron chi connectivity index (χ2n) is 4.70. The number of nitrogens with one attached hydrogen (secondary N) is 1. The largest absolute Gasteiger partial charge is 0.354 e. The highest BCUT2D eigenvalue weighted by Crippen LogP contribution is 2.23. The number of hydrogen-bond donors (Lipinski definition) is 1. The van der Waals surface area contributed by atoms with Crippen molar-refractivity contribution in [2.24, 2.45) is 16.4 Å². The number of rotatable bonds is 3. The molecule has 1 N–H and O–H groups in total. The van der Waals surface area contributed by atoms with Gasteiger partial charge in [-0.05, 0) is 13.8 Å². The van der Waals surface area contributed by atoms with Crippen LogP contribution in [-0.4, -0.2) is 31.6 Å². The zero-order chi connectivity index (χ0) is 12.2. The van der Waals surface area contributed by atoms with Gasteiger partial charge in [0.05, 0.1) is 18.6 Å². The van der Waals surface area contributed by atoms with E-state index in [1.165, 1.54) is 0 Å². The maximum Gasteiger partial charge on any atom is 0.242 e. The Morgan fingerprint density at radius 2 is 1.94 bits per heavy atom. The Labute approximate surface area is 96.2 Å². The van der Waals surface area contributed by atoms with Crippen LogP contribution >= 0.6 is 0 Å². The van der Waals surface area contributed by atoms with Crippen LogP contribution in [0.15, 0.2) is 5.10 Å². The quantitative estimate of drug-likeness (QED) is 0.582. The predicted molar refractivity (Wildman–Crippen MR) is 61.0 cm³/mol. The minimum Gasteiger partial charge on any atom is -0.354 e. The molecule has 0 aromatic rings. The van der Waals surface area contributed by atoms with Crippen molar-refractivity contribution in [3.8, 4) is 0 Å². The third kappa shape index (κ3) is 3.28. The van der Waals surface area contributed by atoms with Crippen molar-refractivity contribution in [3.63, 3.8) is 0 Å². The smallest absolute Gasteiger partial charge is 0.242 e. The Morgan fingerprint density at radius 3 is 2.44 bits per heavy atom. The first kappa shape index (κ1) is 13.1. The van der Waals surface area contributed by atoms with Crippen LogP contribution in [0.25, 0.3) is 0 Å². The van der Waals surface area contributed by atoms with Gasteiger partial charge in [-0.1, -0.05) is 13.8 Å². The molecule has 1 rings (SSSR count). The van der Waals surface area contributed by atoms with Gasteiger partial charge >= 0.3 is 0 Å². The van der Waals surface area contributed by atoms with Gasteiger partial charge in [0.15, 0.2) is 0 Å². The van der Waals surface area contributed by atoms with Crippen molar-refractivity contribution < 1.29 is 14.3 Å². The van der Waals surface area contributed by atoms with Gasteiger partial charge in [0.2, 0.25) is 5.91 Å². The molecule has 0 spiro atoms. The van der Waals surface area contributed by atoms with Gasteiger partial charge in [-0.2, -0.15) is 5.10 Å². The Bertz CT molecular complexity index is 281. The minimum absolute atomic E-state index is 0.0665. The number of ether oxygens (including phenoxy) is 2. The summed E-state index contributed by atoms with van der Waals surface area (Å²) < 4.78 is 10.5. The lowest BCUT2D eigenvalue weighted by Crippen LogP contribution is -2.41. The van der Waals surface area contributed by atoms with Crippen LogP contribution in [0.2, 0.25) is 0 Å². The van der Waals surface area contributed by atoms with Gasteiger partial charge in [0.25, 0.3) is 0 Å². The molecule has 0 bridgehead atoms. The zero-order valence-electron chi connectivity index (χ0n) is 10.4. The Balaban J connectivity index is 2.58. The highest BCUT2D eigenvalue weighted by Gasteiger charge is 2.32. The van der Waals surface area contributed by atoms with Crippen molar-refractivity contribution in [1.29, 1.82) is 0 Å². The van der Waals surface area contributed by atoms with Gasteiger partial charge in [-0.25, -0.2) is 5.43 Å². The molecule has 1 amide bonds. The van der Waals surface area contributed by atoms with Crippen LogP contribution < -0.4 is 5.43 Å². The summed E-state index contributed by atoms with van der Waals surface area (Å²) in [6.07, 6.45) is 0. The molecule has 0 atom stereocenters. The number of carbonyl (C=O) groups is 1. The lowest BCUT2D eigenvalue weighted by atomic mass is 9.87. The van der Waals surface area contributed by atoms with Crippen molar-refractivity contribution in [2.75, 3.05) is 20.0 Å². The van der Waals surface area contributed by atoms with Crippen LogP contribution in [0, 0.1) is 11.3 Å². The van der Waals surface area contributed by atoms with Crippen LogP contribution in [0.4, 0.5) is 0 Å². The summed E-state index contributed by atoms with van der Waals surface area (Å²) in [6, 6.07) is 0. The SMILES string of the molecule is CC(=NNC(=O)C(C)C)C1(C)COCOC1. The van der Waals surface area contributed by atoms with Gasteiger partial charge in [0, 0.05) is 11.6 Å². The summed E-state index contributed by atoms with van der Waals surface area (Å²) in [5, 5.41) is 4.10. The third-order valence-electron chi connectivity index (χ3n) is 2.74. The Hall–Kier alpha value is -0.940. The monoisotopic (exact) mass is 228 g/mol. The molecule has 1 aliphatic rings. The first-order valence-corrected chi connectivity index (χ1v) is 5.46.